The number of carboxylic acid groups (broad SMARTS) is 1. The Hall–Kier alpha value is -0.220. The van der Waals surface area contributed by atoms with Gasteiger partial charge in [0.1, 0.15) is 0 Å². The largest absolute Gasteiger partial charge is 0.481 e. The highest BCUT2D eigenvalue weighted by Gasteiger charge is 2.20. The average Bonchev–Trinajstić information content (AvgIpc) is 2.43. The van der Waals surface area contributed by atoms with Crippen LogP contribution in [0.5, 0.6) is 0 Å². The third kappa shape index (κ3) is 15.3. The maximum Gasteiger partial charge on any atom is 0.303 e. The maximum atomic E-state index is 10.8. The van der Waals surface area contributed by atoms with E-state index in [4.69, 9.17) is 10.2 Å². The SMILES string of the molecule is CC(C)(CCO)CCCCCSCCCCCC(C)(C)CC(=O)O. The fourth-order valence-corrected chi connectivity index (χ4v) is 4.02. The van der Waals surface area contributed by atoms with Gasteiger partial charge >= 0.3 is 5.97 Å². The smallest absolute Gasteiger partial charge is 0.303 e. The number of carboxylic acids is 1. The Morgan fingerprint density at radius 3 is 1.75 bits per heavy atom. The zero-order chi connectivity index (χ0) is 18.5. The highest BCUT2D eigenvalue weighted by atomic mass is 32.2. The Labute approximate surface area is 154 Å². The van der Waals surface area contributed by atoms with Gasteiger partial charge < -0.3 is 10.2 Å². The molecule has 0 amide bonds. The Bertz CT molecular complexity index is 327. The fourth-order valence-electron chi connectivity index (χ4n) is 3.00. The summed E-state index contributed by atoms with van der Waals surface area (Å²) < 4.78 is 0. The minimum Gasteiger partial charge on any atom is -0.481 e. The van der Waals surface area contributed by atoms with Gasteiger partial charge in [-0.3, -0.25) is 4.79 Å². The molecule has 144 valence electrons. The normalized spacial score (nSPS) is 12.5. The topological polar surface area (TPSA) is 57.5 Å². The Balaban J connectivity index is 3.39. The highest BCUT2D eigenvalue weighted by molar-refractivity contribution is 7.99. The van der Waals surface area contributed by atoms with Gasteiger partial charge in [-0.1, -0.05) is 53.4 Å². The first kappa shape index (κ1) is 23.8. The molecule has 24 heavy (non-hydrogen) atoms. The lowest BCUT2D eigenvalue weighted by atomic mass is 9.84. The lowest BCUT2D eigenvalue weighted by Gasteiger charge is -2.23. The first-order valence-corrected chi connectivity index (χ1v) is 10.7. The molecule has 0 bridgehead atoms. The van der Waals surface area contributed by atoms with Gasteiger partial charge in [0.2, 0.25) is 0 Å². The minimum atomic E-state index is -0.685. The van der Waals surface area contributed by atoms with Crippen LogP contribution in [0.2, 0.25) is 0 Å². The summed E-state index contributed by atoms with van der Waals surface area (Å²) in [6.45, 7) is 8.90. The number of aliphatic carboxylic acids is 1. The number of unbranched alkanes of at least 4 members (excludes halogenated alkanes) is 4. The van der Waals surface area contributed by atoms with E-state index in [1.54, 1.807) is 0 Å². The van der Waals surface area contributed by atoms with Crippen LogP contribution in [0.3, 0.4) is 0 Å². The zero-order valence-electron chi connectivity index (χ0n) is 16.4. The maximum absolute atomic E-state index is 10.8. The number of aliphatic hydroxyl groups excluding tert-OH is 1. The Kier molecular flexibility index (Phi) is 12.9. The van der Waals surface area contributed by atoms with E-state index in [-0.39, 0.29) is 17.3 Å². The van der Waals surface area contributed by atoms with Crippen molar-refractivity contribution in [2.24, 2.45) is 10.8 Å². The van der Waals surface area contributed by atoms with Crippen molar-refractivity contribution in [3.8, 4) is 0 Å². The molecule has 0 unspecified atom stereocenters. The molecule has 0 fully saturated rings. The van der Waals surface area contributed by atoms with Crippen LogP contribution in [-0.2, 0) is 4.79 Å². The van der Waals surface area contributed by atoms with Crippen LogP contribution in [0.1, 0.15) is 91.9 Å². The minimum absolute atomic E-state index is 0.0667. The van der Waals surface area contributed by atoms with Gasteiger partial charge in [0, 0.05) is 6.61 Å². The van der Waals surface area contributed by atoms with Gasteiger partial charge in [0.25, 0.3) is 0 Å². The molecule has 0 spiro atoms. The number of hydrogen-bond donors (Lipinski definition) is 2. The number of thioether (sulfide) groups is 1. The zero-order valence-corrected chi connectivity index (χ0v) is 17.2. The molecule has 0 aromatic heterocycles. The monoisotopic (exact) mass is 360 g/mol. The van der Waals surface area contributed by atoms with Crippen molar-refractivity contribution in [2.75, 3.05) is 18.1 Å². The van der Waals surface area contributed by atoms with E-state index in [1.165, 1.54) is 50.0 Å². The molecule has 0 radical (unpaired) electrons. The number of carbonyl (C=O) groups is 1. The summed E-state index contributed by atoms with van der Waals surface area (Å²) in [5.41, 5.74) is 0.221. The molecule has 0 aliphatic carbocycles. The van der Waals surface area contributed by atoms with Crippen molar-refractivity contribution in [3.63, 3.8) is 0 Å². The molecule has 3 nitrogen and oxygen atoms in total. The molecule has 0 aromatic rings. The van der Waals surface area contributed by atoms with E-state index < -0.39 is 5.97 Å². The van der Waals surface area contributed by atoms with Gasteiger partial charge in [-0.15, -0.1) is 0 Å². The lowest BCUT2D eigenvalue weighted by Crippen LogP contribution is -2.16. The third-order valence-corrected chi connectivity index (χ3v) is 5.86. The molecule has 0 saturated carbocycles. The summed E-state index contributed by atoms with van der Waals surface area (Å²) >= 11 is 2.06. The molecule has 0 aliphatic rings. The van der Waals surface area contributed by atoms with Gasteiger partial charge in [-0.2, -0.15) is 11.8 Å². The van der Waals surface area contributed by atoms with Crippen molar-refractivity contribution in [2.45, 2.75) is 91.9 Å². The van der Waals surface area contributed by atoms with Crippen molar-refractivity contribution in [3.05, 3.63) is 0 Å². The summed E-state index contributed by atoms with van der Waals surface area (Å²) in [4.78, 5) is 10.8. The third-order valence-electron chi connectivity index (χ3n) is 4.70. The highest BCUT2D eigenvalue weighted by Crippen LogP contribution is 2.28. The van der Waals surface area contributed by atoms with Crippen molar-refractivity contribution in [1.82, 2.24) is 0 Å². The molecule has 2 N–H and O–H groups in total. The van der Waals surface area contributed by atoms with Crippen LogP contribution in [0, 0.1) is 10.8 Å². The average molecular weight is 361 g/mol. The van der Waals surface area contributed by atoms with Crippen LogP contribution in [-0.4, -0.2) is 34.3 Å². The van der Waals surface area contributed by atoms with Crippen LogP contribution in [0.4, 0.5) is 0 Å². The van der Waals surface area contributed by atoms with E-state index in [0.717, 1.165) is 19.3 Å². The summed E-state index contributed by atoms with van der Waals surface area (Å²) in [6.07, 6.45) is 10.9. The van der Waals surface area contributed by atoms with E-state index in [2.05, 4.69) is 39.5 Å². The second-order valence-corrected chi connectivity index (χ2v) is 9.83. The summed E-state index contributed by atoms with van der Waals surface area (Å²) in [5, 5.41) is 17.9. The van der Waals surface area contributed by atoms with Crippen LogP contribution in [0.25, 0.3) is 0 Å². The van der Waals surface area contributed by atoms with E-state index in [9.17, 15) is 4.79 Å². The second-order valence-electron chi connectivity index (χ2n) is 8.61. The number of hydrogen-bond acceptors (Lipinski definition) is 3. The molecule has 0 aliphatic heterocycles. The summed E-state index contributed by atoms with van der Waals surface area (Å²) in [7, 11) is 0. The lowest BCUT2D eigenvalue weighted by molar-refractivity contribution is -0.139. The molecule has 0 saturated heterocycles. The fraction of sp³-hybridized carbons (Fsp3) is 0.950. The van der Waals surface area contributed by atoms with Crippen molar-refractivity contribution >= 4 is 17.7 Å². The van der Waals surface area contributed by atoms with Crippen LogP contribution < -0.4 is 0 Å². The van der Waals surface area contributed by atoms with E-state index in [1.807, 2.05) is 0 Å². The predicted octanol–water partition coefficient (Wildman–Crippen LogP) is 5.75. The number of aliphatic hydroxyl groups is 1. The van der Waals surface area contributed by atoms with Gasteiger partial charge in [0.15, 0.2) is 0 Å². The van der Waals surface area contributed by atoms with E-state index >= 15 is 0 Å². The van der Waals surface area contributed by atoms with Crippen LogP contribution in [0.15, 0.2) is 0 Å². The van der Waals surface area contributed by atoms with Crippen LogP contribution >= 0.6 is 11.8 Å². The molecule has 0 rings (SSSR count). The molecule has 4 heteroatoms. The first-order chi connectivity index (χ1) is 11.2. The summed E-state index contributed by atoms with van der Waals surface area (Å²) in [6, 6.07) is 0. The van der Waals surface area contributed by atoms with Crippen molar-refractivity contribution < 1.29 is 15.0 Å². The molecular formula is C20H40O3S. The predicted molar refractivity (Wildman–Crippen MR) is 106 cm³/mol. The summed E-state index contributed by atoms with van der Waals surface area (Å²) in [5.74, 6) is 1.80. The molecular weight excluding hydrogens is 320 g/mol. The molecule has 0 heterocycles. The van der Waals surface area contributed by atoms with Gasteiger partial charge in [-0.05, 0) is 54.4 Å². The van der Waals surface area contributed by atoms with Gasteiger partial charge in [0.05, 0.1) is 6.42 Å². The van der Waals surface area contributed by atoms with Gasteiger partial charge in [-0.25, -0.2) is 0 Å². The Morgan fingerprint density at radius 1 is 0.792 bits per heavy atom. The second kappa shape index (κ2) is 13.0. The molecule has 0 atom stereocenters. The first-order valence-electron chi connectivity index (χ1n) is 9.59. The van der Waals surface area contributed by atoms with E-state index in [0.29, 0.717) is 6.61 Å². The standard InChI is InChI=1S/C20H40O3S/c1-19(2,13-14-21)11-7-5-9-15-24-16-10-6-8-12-20(3,4)17-18(22)23/h21H,5-17H2,1-4H3,(H,22,23). The molecule has 0 aromatic carbocycles. The number of rotatable bonds is 16. The van der Waals surface area contributed by atoms with Crippen molar-refractivity contribution in [1.29, 1.82) is 0 Å². The Morgan fingerprint density at radius 2 is 1.29 bits per heavy atom. The quantitative estimate of drug-likeness (QED) is 0.344.